The van der Waals surface area contributed by atoms with Crippen molar-refractivity contribution in [1.29, 1.82) is 0 Å². The van der Waals surface area contributed by atoms with Crippen molar-refractivity contribution in [2.24, 2.45) is 0 Å². The molecule has 4 heteroatoms. The molecule has 0 aromatic heterocycles. The molecule has 1 fully saturated rings. The van der Waals surface area contributed by atoms with Crippen LogP contribution in [0.4, 0.5) is 0 Å². The first-order valence-corrected chi connectivity index (χ1v) is 5.71. The molecule has 0 aromatic rings. The molecule has 0 aliphatic carbocycles. The van der Waals surface area contributed by atoms with E-state index in [0.717, 1.165) is 32.7 Å². The monoisotopic (exact) mass is 226 g/mol. The molecule has 1 aliphatic rings. The predicted molar refractivity (Wildman–Crippen MR) is 63.3 cm³/mol. The van der Waals surface area contributed by atoms with E-state index >= 15 is 0 Å². The lowest BCUT2D eigenvalue weighted by atomic mass is 10.1. The van der Waals surface area contributed by atoms with E-state index in [4.69, 9.17) is 11.7 Å². The van der Waals surface area contributed by atoms with Gasteiger partial charge in [0.25, 0.3) is 0 Å². The van der Waals surface area contributed by atoms with Gasteiger partial charge in [0.1, 0.15) is 0 Å². The second-order valence-corrected chi connectivity index (χ2v) is 4.98. The molecule has 0 atom stereocenters. The van der Waals surface area contributed by atoms with Gasteiger partial charge in [0.15, 0.2) is 5.78 Å². The number of ketones is 1. The fourth-order valence-corrected chi connectivity index (χ4v) is 1.93. The van der Waals surface area contributed by atoms with Gasteiger partial charge in [-0.25, -0.2) is 0 Å². The summed E-state index contributed by atoms with van der Waals surface area (Å²) in [6, 6.07) is 0. The first-order valence-electron chi connectivity index (χ1n) is 5.71. The molecule has 0 amide bonds. The first kappa shape index (κ1) is 13.6. The third-order valence-corrected chi connectivity index (χ3v) is 3.00. The molecule has 0 unspecified atom stereocenters. The van der Waals surface area contributed by atoms with Crippen molar-refractivity contribution in [3.05, 3.63) is 6.92 Å². The predicted octanol–water partition coefficient (Wildman–Crippen LogP) is 0.309. The second-order valence-electron chi connectivity index (χ2n) is 4.98. The van der Waals surface area contributed by atoms with Crippen LogP contribution in [-0.4, -0.2) is 67.6 Å². The van der Waals surface area contributed by atoms with Crippen LogP contribution >= 0.6 is 0 Å². The maximum atomic E-state index is 10.8. The zero-order chi connectivity index (χ0) is 12.2. The topological polar surface area (TPSA) is 32.8 Å². The van der Waals surface area contributed by atoms with Crippen LogP contribution < -0.4 is 0 Å². The third kappa shape index (κ3) is 4.60. The second kappa shape index (κ2) is 5.75. The molecule has 2 radical (unpaired) electrons. The van der Waals surface area contributed by atoms with Gasteiger partial charge in [-0.3, -0.25) is 14.6 Å². The lowest BCUT2D eigenvalue weighted by Gasteiger charge is -2.38. The number of methoxy groups -OCH3 is 1. The molecule has 16 heavy (non-hydrogen) atoms. The van der Waals surface area contributed by atoms with E-state index in [0.29, 0.717) is 6.54 Å². The SMILES string of the molecule is [CH]C(=O)CN1CCN(CC(C)(C)OC)CC1. The highest BCUT2D eigenvalue weighted by Crippen LogP contribution is 2.12. The van der Waals surface area contributed by atoms with Crippen LogP contribution in [0.3, 0.4) is 0 Å². The number of nitrogens with zero attached hydrogens (tertiary/aromatic N) is 2. The highest BCUT2D eigenvalue weighted by molar-refractivity contribution is 5.84. The Labute approximate surface area is 98.5 Å². The Bertz CT molecular complexity index is 233. The number of ether oxygens (including phenoxy) is 1. The van der Waals surface area contributed by atoms with Crippen molar-refractivity contribution in [2.75, 3.05) is 46.4 Å². The summed E-state index contributed by atoms with van der Waals surface area (Å²) in [5.74, 6) is -0.245. The summed E-state index contributed by atoms with van der Waals surface area (Å²) in [6.07, 6.45) is 0. The first-order chi connectivity index (χ1) is 7.43. The molecule has 0 N–H and O–H groups in total. The Balaban J connectivity index is 2.29. The number of carbonyl (C=O) groups excluding carboxylic acids is 1. The highest BCUT2D eigenvalue weighted by atomic mass is 16.5. The summed E-state index contributed by atoms with van der Waals surface area (Å²) in [6.45, 7) is 14.4. The van der Waals surface area contributed by atoms with Crippen molar-refractivity contribution >= 4 is 5.78 Å². The largest absolute Gasteiger partial charge is 0.377 e. The highest BCUT2D eigenvalue weighted by Gasteiger charge is 2.24. The average molecular weight is 226 g/mol. The lowest BCUT2D eigenvalue weighted by Crippen LogP contribution is -2.51. The maximum absolute atomic E-state index is 10.8. The van der Waals surface area contributed by atoms with E-state index in [1.54, 1.807) is 7.11 Å². The van der Waals surface area contributed by atoms with E-state index < -0.39 is 0 Å². The Hall–Kier alpha value is -0.450. The van der Waals surface area contributed by atoms with Crippen molar-refractivity contribution in [1.82, 2.24) is 9.80 Å². The summed E-state index contributed by atoms with van der Waals surface area (Å²) < 4.78 is 5.40. The van der Waals surface area contributed by atoms with Crippen LogP contribution in [0.2, 0.25) is 0 Å². The zero-order valence-corrected chi connectivity index (χ0v) is 10.5. The van der Waals surface area contributed by atoms with Gasteiger partial charge in [-0.2, -0.15) is 0 Å². The van der Waals surface area contributed by atoms with Gasteiger partial charge in [-0.15, -0.1) is 0 Å². The van der Waals surface area contributed by atoms with Crippen LogP contribution in [0, 0.1) is 6.92 Å². The van der Waals surface area contributed by atoms with Crippen molar-refractivity contribution in [2.45, 2.75) is 19.4 Å². The molecule has 92 valence electrons. The molecule has 1 saturated heterocycles. The van der Waals surface area contributed by atoms with Gasteiger partial charge < -0.3 is 4.74 Å². The molecular formula is C12H22N2O2. The fraction of sp³-hybridized carbons (Fsp3) is 0.833. The minimum Gasteiger partial charge on any atom is -0.377 e. The lowest BCUT2D eigenvalue weighted by molar-refractivity contribution is -0.116. The van der Waals surface area contributed by atoms with E-state index in [-0.39, 0.29) is 11.4 Å². The van der Waals surface area contributed by atoms with Gasteiger partial charge in [0, 0.05) is 46.8 Å². The summed E-state index contributed by atoms with van der Waals surface area (Å²) in [7, 11) is 1.74. The Morgan fingerprint density at radius 2 is 1.75 bits per heavy atom. The number of Topliss-reactive ketones (excluding diaryl/α,β-unsaturated/α-hetero) is 1. The van der Waals surface area contributed by atoms with Gasteiger partial charge in [0.05, 0.1) is 12.1 Å². The maximum Gasteiger partial charge on any atom is 0.151 e. The molecule has 1 heterocycles. The van der Waals surface area contributed by atoms with Crippen molar-refractivity contribution in [3.63, 3.8) is 0 Å². The minimum atomic E-state index is -0.245. The number of rotatable bonds is 5. The van der Waals surface area contributed by atoms with Crippen molar-refractivity contribution < 1.29 is 9.53 Å². The minimum absolute atomic E-state index is 0.105. The van der Waals surface area contributed by atoms with E-state index in [2.05, 4.69) is 23.6 Å². The quantitative estimate of drug-likeness (QED) is 0.675. The van der Waals surface area contributed by atoms with Crippen molar-refractivity contribution in [3.8, 4) is 0 Å². The fourth-order valence-electron chi connectivity index (χ4n) is 1.93. The van der Waals surface area contributed by atoms with E-state index in [1.807, 2.05) is 0 Å². The van der Waals surface area contributed by atoms with E-state index in [9.17, 15) is 4.79 Å². The van der Waals surface area contributed by atoms with Gasteiger partial charge in [0.2, 0.25) is 0 Å². The summed E-state index contributed by atoms with van der Waals surface area (Å²) in [4.78, 5) is 15.2. The Morgan fingerprint density at radius 3 is 2.19 bits per heavy atom. The standard InChI is InChI=1S/C12H22N2O2/c1-11(15)9-13-5-7-14(8-6-13)10-12(2,3)16-4/h1H,5-10H2,2-4H3. The molecule has 0 bridgehead atoms. The number of hydrogen-bond acceptors (Lipinski definition) is 4. The van der Waals surface area contributed by atoms with Gasteiger partial charge in [-0.1, -0.05) is 0 Å². The molecule has 0 saturated carbocycles. The third-order valence-electron chi connectivity index (χ3n) is 3.00. The Morgan fingerprint density at radius 1 is 1.25 bits per heavy atom. The zero-order valence-electron chi connectivity index (χ0n) is 10.5. The summed E-state index contributed by atoms with van der Waals surface area (Å²) >= 11 is 0. The molecule has 1 aliphatic heterocycles. The molecule has 4 nitrogen and oxygen atoms in total. The normalized spacial score (nSPS) is 20.0. The average Bonchev–Trinajstić information content (AvgIpc) is 2.20. The molecule has 0 spiro atoms. The molecule has 1 rings (SSSR count). The molecule has 0 aromatic carbocycles. The Kier molecular flexibility index (Phi) is 4.89. The number of hydrogen-bond donors (Lipinski definition) is 0. The molecular weight excluding hydrogens is 204 g/mol. The smallest absolute Gasteiger partial charge is 0.151 e. The van der Waals surface area contributed by atoms with Gasteiger partial charge >= 0.3 is 0 Å². The van der Waals surface area contributed by atoms with Crippen LogP contribution in [0.15, 0.2) is 0 Å². The summed E-state index contributed by atoms with van der Waals surface area (Å²) in [5, 5.41) is 0. The van der Waals surface area contributed by atoms with Crippen LogP contribution in [0.1, 0.15) is 13.8 Å². The van der Waals surface area contributed by atoms with Crippen LogP contribution in [0.5, 0.6) is 0 Å². The van der Waals surface area contributed by atoms with Crippen LogP contribution in [0.25, 0.3) is 0 Å². The summed E-state index contributed by atoms with van der Waals surface area (Å²) in [5.41, 5.74) is -0.105. The van der Waals surface area contributed by atoms with Gasteiger partial charge in [-0.05, 0) is 13.8 Å². The van der Waals surface area contributed by atoms with E-state index in [1.165, 1.54) is 0 Å². The number of piperazine rings is 1. The van der Waals surface area contributed by atoms with Crippen LogP contribution in [-0.2, 0) is 9.53 Å². The number of carbonyl (C=O) groups is 1.